The molecular formula is C27H32N6O4. The summed E-state index contributed by atoms with van der Waals surface area (Å²) in [6, 6.07) is 19.8. The van der Waals surface area contributed by atoms with Crippen molar-refractivity contribution in [3.8, 4) is 0 Å². The van der Waals surface area contributed by atoms with E-state index in [0.29, 0.717) is 44.7 Å². The Labute approximate surface area is 216 Å². The summed E-state index contributed by atoms with van der Waals surface area (Å²) >= 11 is 0. The fourth-order valence-electron chi connectivity index (χ4n) is 4.27. The van der Waals surface area contributed by atoms with Crippen LogP contribution < -0.4 is 10.2 Å². The molecule has 0 atom stereocenters. The zero-order valence-corrected chi connectivity index (χ0v) is 20.8. The largest absolute Gasteiger partial charge is 0.461 e. The third kappa shape index (κ3) is 7.71. The first-order valence-corrected chi connectivity index (χ1v) is 12.5. The molecule has 1 N–H and O–H groups in total. The Balaban J connectivity index is 1.24. The third-order valence-electron chi connectivity index (χ3n) is 6.25. The van der Waals surface area contributed by atoms with E-state index in [1.807, 2.05) is 53.4 Å². The van der Waals surface area contributed by atoms with Crippen molar-refractivity contribution in [1.29, 1.82) is 0 Å². The minimum Gasteiger partial charge on any atom is -0.461 e. The van der Waals surface area contributed by atoms with E-state index >= 15 is 0 Å². The van der Waals surface area contributed by atoms with E-state index in [2.05, 4.69) is 32.3 Å². The van der Waals surface area contributed by atoms with Gasteiger partial charge in [-0.05, 0) is 24.0 Å². The second-order valence-electron chi connectivity index (χ2n) is 8.93. The number of unbranched alkanes of at least 4 members (excludes halogenated alkanes) is 1. The Morgan fingerprint density at radius 1 is 0.946 bits per heavy atom. The number of esters is 1. The van der Waals surface area contributed by atoms with Crippen molar-refractivity contribution in [3.63, 3.8) is 0 Å². The van der Waals surface area contributed by atoms with Gasteiger partial charge in [0.25, 0.3) is 0 Å². The molecule has 1 saturated heterocycles. The van der Waals surface area contributed by atoms with Crippen LogP contribution in [0.4, 0.5) is 17.3 Å². The number of nitro groups is 1. The number of anilines is 2. The summed E-state index contributed by atoms with van der Waals surface area (Å²) in [6.07, 6.45) is 2.91. The summed E-state index contributed by atoms with van der Waals surface area (Å²) in [5.41, 5.74) is 2.09. The van der Waals surface area contributed by atoms with E-state index in [4.69, 9.17) is 4.74 Å². The summed E-state index contributed by atoms with van der Waals surface area (Å²) in [4.78, 5) is 36.2. The number of hydrogen-bond donors (Lipinski definition) is 1. The lowest BCUT2D eigenvalue weighted by molar-refractivity contribution is -0.383. The van der Waals surface area contributed by atoms with Crippen LogP contribution in [0, 0.1) is 10.1 Å². The van der Waals surface area contributed by atoms with Gasteiger partial charge < -0.3 is 15.0 Å². The molecule has 1 aliphatic rings. The molecule has 0 saturated carbocycles. The van der Waals surface area contributed by atoms with E-state index in [1.54, 1.807) is 0 Å². The number of hydrogen-bond acceptors (Lipinski definition) is 9. The quantitative estimate of drug-likeness (QED) is 0.169. The molecule has 37 heavy (non-hydrogen) atoms. The highest BCUT2D eigenvalue weighted by Crippen LogP contribution is 2.32. The normalized spacial score (nSPS) is 13.8. The summed E-state index contributed by atoms with van der Waals surface area (Å²) in [5.74, 6) is 0.283. The number of benzene rings is 2. The average molecular weight is 505 g/mol. The molecule has 0 spiro atoms. The van der Waals surface area contributed by atoms with Crippen molar-refractivity contribution in [1.82, 2.24) is 14.9 Å². The number of ether oxygens (including phenoxy) is 1. The van der Waals surface area contributed by atoms with Crippen LogP contribution >= 0.6 is 0 Å². The summed E-state index contributed by atoms with van der Waals surface area (Å²) in [7, 11) is 0. The van der Waals surface area contributed by atoms with E-state index in [-0.39, 0.29) is 24.1 Å². The molecule has 1 fully saturated rings. The highest BCUT2D eigenvalue weighted by atomic mass is 16.6. The van der Waals surface area contributed by atoms with Crippen LogP contribution in [0.5, 0.6) is 0 Å². The molecule has 1 aliphatic heterocycles. The van der Waals surface area contributed by atoms with E-state index in [0.717, 1.165) is 25.2 Å². The minimum atomic E-state index is -0.422. The summed E-state index contributed by atoms with van der Waals surface area (Å²) < 4.78 is 5.29. The number of nitrogens with zero attached hydrogens (tertiary/aromatic N) is 5. The molecule has 10 heteroatoms. The van der Waals surface area contributed by atoms with Crippen molar-refractivity contribution < 1.29 is 14.5 Å². The maximum Gasteiger partial charge on any atom is 0.353 e. The summed E-state index contributed by atoms with van der Waals surface area (Å²) in [6.45, 7) is 4.44. The Hall–Kier alpha value is -4.05. The molecule has 2 aromatic carbocycles. The molecule has 1 aromatic heterocycles. The molecule has 2 heterocycles. The highest BCUT2D eigenvalue weighted by Gasteiger charge is 2.29. The first-order chi connectivity index (χ1) is 18.1. The van der Waals surface area contributed by atoms with Crippen molar-refractivity contribution >= 4 is 23.3 Å². The second-order valence-corrected chi connectivity index (χ2v) is 8.93. The number of carbonyl (C=O) groups excluding carboxylic acids is 1. The van der Waals surface area contributed by atoms with Gasteiger partial charge >= 0.3 is 11.7 Å². The topological polar surface area (TPSA) is 114 Å². The number of aromatic nitrogens is 2. The average Bonchev–Trinajstić information content (AvgIpc) is 2.93. The smallest absolute Gasteiger partial charge is 0.353 e. The number of piperazine rings is 1. The zero-order chi connectivity index (χ0) is 25.9. The fourth-order valence-corrected chi connectivity index (χ4v) is 4.27. The van der Waals surface area contributed by atoms with E-state index in [1.165, 1.54) is 11.9 Å². The maximum absolute atomic E-state index is 12.0. The first-order valence-electron chi connectivity index (χ1n) is 12.5. The molecule has 194 valence electrons. The standard InChI is InChI=1S/C27H32N6O4/c34-24(37-20-23-11-5-2-6-12-23)13-7-8-14-28-26-25(33(35)36)27(30-21-29-26)32-17-15-31(16-18-32)19-22-9-3-1-4-10-22/h1-6,9-12,21H,7-8,13-20H2,(H,28,29,30). The SMILES string of the molecule is O=C(CCCCNc1ncnc(N2CCN(Cc3ccccc3)CC2)c1[N+](=O)[O-])OCc1ccccc1. The fraction of sp³-hybridized carbons (Fsp3) is 0.370. The monoisotopic (exact) mass is 504 g/mol. The van der Waals surface area contributed by atoms with Crippen LogP contribution in [0.3, 0.4) is 0 Å². The number of rotatable bonds is 12. The van der Waals surface area contributed by atoms with Crippen molar-refractivity contribution in [2.75, 3.05) is 42.9 Å². The van der Waals surface area contributed by atoms with Crippen LogP contribution in [-0.2, 0) is 22.7 Å². The predicted molar refractivity (Wildman–Crippen MR) is 141 cm³/mol. The van der Waals surface area contributed by atoms with Crippen LogP contribution in [0.15, 0.2) is 67.0 Å². The summed E-state index contributed by atoms with van der Waals surface area (Å²) in [5, 5.41) is 15.0. The van der Waals surface area contributed by atoms with E-state index < -0.39 is 4.92 Å². The Morgan fingerprint density at radius 2 is 1.62 bits per heavy atom. The Bertz CT molecular complexity index is 1150. The minimum absolute atomic E-state index is 0.110. The van der Waals surface area contributed by atoms with Gasteiger partial charge in [0.1, 0.15) is 12.9 Å². The first kappa shape index (κ1) is 26.0. The molecular weight excluding hydrogens is 472 g/mol. The van der Waals surface area contributed by atoms with Crippen molar-refractivity contribution in [2.45, 2.75) is 32.4 Å². The lowest BCUT2D eigenvalue weighted by Gasteiger charge is -2.35. The number of nitrogens with one attached hydrogen (secondary N) is 1. The molecule has 0 bridgehead atoms. The van der Waals surface area contributed by atoms with Gasteiger partial charge in [0.15, 0.2) is 0 Å². The Kier molecular flexibility index (Phi) is 9.36. The van der Waals surface area contributed by atoms with Gasteiger partial charge in [-0.15, -0.1) is 0 Å². The second kappa shape index (κ2) is 13.3. The molecule has 0 aliphatic carbocycles. The van der Waals surface area contributed by atoms with Crippen LogP contribution in [0.25, 0.3) is 0 Å². The van der Waals surface area contributed by atoms with Gasteiger partial charge in [-0.1, -0.05) is 60.7 Å². The van der Waals surface area contributed by atoms with Gasteiger partial charge in [-0.2, -0.15) is 0 Å². The van der Waals surface area contributed by atoms with Crippen LogP contribution in [0.1, 0.15) is 30.4 Å². The molecule has 0 unspecified atom stereocenters. The Morgan fingerprint density at radius 3 is 2.30 bits per heavy atom. The van der Waals surface area contributed by atoms with Gasteiger partial charge in [-0.25, -0.2) is 9.97 Å². The molecule has 10 nitrogen and oxygen atoms in total. The maximum atomic E-state index is 12.0. The van der Waals surface area contributed by atoms with Gasteiger partial charge in [0, 0.05) is 45.7 Å². The zero-order valence-electron chi connectivity index (χ0n) is 20.8. The van der Waals surface area contributed by atoms with Gasteiger partial charge in [0.2, 0.25) is 11.6 Å². The molecule has 4 rings (SSSR count). The lowest BCUT2D eigenvalue weighted by atomic mass is 10.2. The van der Waals surface area contributed by atoms with Crippen LogP contribution in [-0.4, -0.2) is 58.5 Å². The molecule has 0 radical (unpaired) electrons. The van der Waals surface area contributed by atoms with Gasteiger partial charge in [0.05, 0.1) is 4.92 Å². The third-order valence-corrected chi connectivity index (χ3v) is 6.25. The van der Waals surface area contributed by atoms with E-state index in [9.17, 15) is 14.9 Å². The molecule has 0 amide bonds. The van der Waals surface area contributed by atoms with Crippen molar-refractivity contribution in [2.24, 2.45) is 0 Å². The van der Waals surface area contributed by atoms with Crippen LogP contribution in [0.2, 0.25) is 0 Å². The predicted octanol–water partition coefficient (Wildman–Crippen LogP) is 4.03. The van der Waals surface area contributed by atoms with Crippen molar-refractivity contribution in [3.05, 3.63) is 88.2 Å². The highest BCUT2D eigenvalue weighted by molar-refractivity contribution is 5.70. The number of carbonyl (C=O) groups is 1. The lowest BCUT2D eigenvalue weighted by Crippen LogP contribution is -2.46. The molecule has 3 aromatic rings. The van der Waals surface area contributed by atoms with Gasteiger partial charge in [-0.3, -0.25) is 19.8 Å².